The van der Waals surface area contributed by atoms with E-state index in [9.17, 15) is 13.5 Å². The average molecular weight is 582 g/mol. The molecule has 1 aliphatic heterocycles. The molecule has 1 unspecified atom stereocenters. The SMILES string of the molecule is COc1ccc(S(=O)(=O)c2ccc(Cl)c(Cl)c2OCC(O)CN2CCN(c3ccccc3OC)CC2)cc1. The maximum Gasteiger partial charge on any atom is 0.210 e. The molecule has 204 valence electrons. The van der Waals surface area contributed by atoms with Gasteiger partial charge in [0.15, 0.2) is 5.75 Å². The van der Waals surface area contributed by atoms with Crippen LogP contribution in [0.25, 0.3) is 0 Å². The summed E-state index contributed by atoms with van der Waals surface area (Å²) in [5.41, 5.74) is 1.04. The van der Waals surface area contributed by atoms with Gasteiger partial charge in [-0.2, -0.15) is 0 Å². The highest BCUT2D eigenvalue weighted by Crippen LogP contribution is 2.40. The second-order valence-corrected chi connectivity index (χ2v) is 11.5. The summed E-state index contributed by atoms with van der Waals surface area (Å²) in [6.45, 7) is 3.24. The molecule has 1 N–H and O–H groups in total. The monoisotopic (exact) mass is 580 g/mol. The molecule has 0 spiro atoms. The number of aliphatic hydroxyl groups is 1. The minimum atomic E-state index is -3.98. The lowest BCUT2D eigenvalue weighted by Crippen LogP contribution is -2.49. The highest BCUT2D eigenvalue weighted by molar-refractivity contribution is 7.91. The zero-order valence-corrected chi connectivity index (χ0v) is 23.5. The third-order valence-electron chi connectivity index (χ3n) is 6.36. The lowest BCUT2D eigenvalue weighted by atomic mass is 10.2. The number of rotatable bonds is 10. The molecule has 3 aromatic rings. The third-order valence-corrected chi connectivity index (χ3v) is 8.94. The van der Waals surface area contributed by atoms with Crippen molar-refractivity contribution in [2.24, 2.45) is 0 Å². The molecule has 0 amide bonds. The molecule has 1 heterocycles. The first kappa shape index (κ1) is 28.3. The molecule has 0 aliphatic carbocycles. The van der Waals surface area contributed by atoms with Crippen molar-refractivity contribution < 1.29 is 27.7 Å². The van der Waals surface area contributed by atoms with E-state index in [1.54, 1.807) is 19.2 Å². The Hall–Kier alpha value is -2.69. The number of benzene rings is 3. The number of hydrogen-bond donors (Lipinski definition) is 1. The Labute approximate surface area is 233 Å². The molecule has 3 aromatic carbocycles. The molecule has 11 heteroatoms. The number of para-hydroxylation sites is 2. The molecular weight excluding hydrogens is 551 g/mol. The normalized spacial score (nSPS) is 15.2. The zero-order valence-electron chi connectivity index (χ0n) is 21.1. The summed E-state index contributed by atoms with van der Waals surface area (Å²) in [4.78, 5) is 4.30. The molecule has 1 atom stereocenters. The molecule has 38 heavy (non-hydrogen) atoms. The molecule has 8 nitrogen and oxygen atoms in total. The van der Waals surface area contributed by atoms with Crippen molar-refractivity contribution >= 4 is 38.7 Å². The van der Waals surface area contributed by atoms with Crippen LogP contribution in [0, 0.1) is 0 Å². The topological polar surface area (TPSA) is 88.5 Å². The molecule has 0 aromatic heterocycles. The van der Waals surface area contributed by atoms with Crippen molar-refractivity contribution in [3.63, 3.8) is 0 Å². The molecule has 0 radical (unpaired) electrons. The predicted octanol–water partition coefficient (Wildman–Crippen LogP) is 4.41. The quantitative estimate of drug-likeness (QED) is 0.377. The van der Waals surface area contributed by atoms with E-state index < -0.39 is 15.9 Å². The lowest BCUT2D eigenvalue weighted by molar-refractivity contribution is 0.0653. The second kappa shape index (κ2) is 12.4. The number of anilines is 1. The molecular formula is C27H30Cl2N2O6S. The van der Waals surface area contributed by atoms with Gasteiger partial charge in [0.05, 0.1) is 29.8 Å². The second-order valence-electron chi connectivity index (χ2n) is 8.79. The van der Waals surface area contributed by atoms with E-state index in [-0.39, 0.29) is 32.2 Å². The number of ether oxygens (including phenoxy) is 3. The van der Waals surface area contributed by atoms with Gasteiger partial charge in [0, 0.05) is 32.7 Å². The Bertz CT molecular complexity index is 1350. The Kier molecular flexibility index (Phi) is 9.27. The summed E-state index contributed by atoms with van der Waals surface area (Å²) in [7, 11) is -0.821. The van der Waals surface area contributed by atoms with Crippen LogP contribution in [0.1, 0.15) is 0 Å². The Balaban J connectivity index is 1.41. The van der Waals surface area contributed by atoms with Gasteiger partial charge in [-0.1, -0.05) is 35.3 Å². The van der Waals surface area contributed by atoms with Gasteiger partial charge in [-0.05, 0) is 48.5 Å². The fourth-order valence-electron chi connectivity index (χ4n) is 4.33. The smallest absolute Gasteiger partial charge is 0.210 e. The number of β-amino-alcohol motifs (C(OH)–C–C–N with tert-alkyl or cyclic N) is 1. The van der Waals surface area contributed by atoms with E-state index in [0.717, 1.165) is 37.6 Å². The van der Waals surface area contributed by atoms with Crippen LogP contribution in [-0.4, -0.2) is 78.1 Å². The van der Waals surface area contributed by atoms with Gasteiger partial charge in [-0.25, -0.2) is 8.42 Å². The summed E-state index contributed by atoms with van der Waals surface area (Å²) in [5, 5.41) is 10.8. The van der Waals surface area contributed by atoms with Crippen molar-refractivity contribution in [1.82, 2.24) is 4.90 Å². The molecule has 1 saturated heterocycles. The van der Waals surface area contributed by atoms with E-state index in [0.29, 0.717) is 12.3 Å². The van der Waals surface area contributed by atoms with Crippen LogP contribution in [-0.2, 0) is 9.84 Å². The zero-order chi connectivity index (χ0) is 27.3. The van der Waals surface area contributed by atoms with E-state index in [4.69, 9.17) is 37.4 Å². The Morgan fingerprint density at radius 2 is 1.61 bits per heavy atom. The van der Waals surface area contributed by atoms with Gasteiger partial charge in [-0.3, -0.25) is 4.90 Å². The van der Waals surface area contributed by atoms with Gasteiger partial charge in [0.1, 0.15) is 34.1 Å². The van der Waals surface area contributed by atoms with Crippen molar-refractivity contribution in [2.75, 3.05) is 58.5 Å². The lowest BCUT2D eigenvalue weighted by Gasteiger charge is -2.37. The van der Waals surface area contributed by atoms with Crippen LogP contribution in [0.15, 0.2) is 70.5 Å². The minimum Gasteiger partial charge on any atom is -0.497 e. The van der Waals surface area contributed by atoms with Gasteiger partial charge in [0.2, 0.25) is 9.84 Å². The number of piperazine rings is 1. The van der Waals surface area contributed by atoms with Gasteiger partial charge in [0.25, 0.3) is 0 Å². The molecule has 0 bridgehead atoms. The third kappa shape index (κ3) is 6.30. The van der Waals surface area contributed by atoms with E-state index in [1.165, 1.54) is 31.4 Å². The van der Waals surface area contributed by atoms with Crippen LogP contribution in [0.4, 0.5) is 5.69 Å². The van der Waals surface area contributed by atoms with Crippen molar-refractivity contribution in [3.05, 3.63) is 70.7 Å². The van der Waals surface area contributed by atoms with Gasteiger partial charge in [-0.15, -0.1) is 0 Å². The minimum absolute atomic E-state index is 0.0288. The van der Waals surface area contributed by atoms with Gasteiger partial charge < -0.3 is 24.2 Å². The first-order chi connectivity index (χ1) is 18.2. The van der Waals surface area contributed by atoms with Crippen LogP contribution in [0.3, 0.4) is 0 Å². The molecule has 0 saturated carbocycles. The molecule has 1 fully saturated rings. The number of aliphatic hydroxyl groups excluding tert-OH is 1. The summed E-state index contributed by atoms with van der Waals surface area (Å²) in [6.07, 6.45) is -0.876. The summed E-state index contributed by atoms with van der Waals surface area (Å²) in [5.74, 6) is 1.27. The largest absolute Gasteiger partial charge is 0.497 e. The number of methoxy groups -OCH3 is 2. The highest BCUT2D eigenvalue weighted by atomic mass is 35.5. The highest BCUT2D eigenvalue weighted by Gasteiger charge is 2.27. The van der Waals surface area contributed by atoms with Crippen molar-refractivity contribution in [3.8, 4) is 17.2 Å². The number of halogens is 2. The fraction of sp³-hybridized carbons (Fsp3) is 0.333. The average Bonchev–Trinajstić information content (AvgIpc) is 2.94. The van der Waals surface area contributed by atoms with Crippen molar-refractivity contribution in [2.45, 2.75) is 15.9 Å². The molecule has 4 rings (SSSR count). The number of sulfone groups is 1. The standard InChI is InChI=1S/C27H30Cl2N2O6S/c1-35-20-7-9-21(10-8-20)38(33,34)25-12-11-22(28)26(29)27(25)37-18-19(32)17-30-13-15-31(16-14-30)23-5-3-4-6-24(23)36-2/h3-12,19,32H,13-18H2,1-2H3. The van der Waals surface area contributed by atoms with E-state index in [1.807, 2.05) is 24.3 Å². The number of nitrogens with zero attached hydrogens (tertiary/aromatic N) is 2. The number of hydrogen-bond acceptors (Lipinski definition) is 8. The van der Waals surface area contributed by atoms with Crippen LogP contribution in [0.5, 0.6) is 17.2 Å². The summed E-state index contributed by atoms with van der Waals surface area (Å²) in [6, 6.07) is 16.7. The van der Waals surface area contributed by atoms with E-state index >= 15 is 0 Å². The molecule has 1 aliphatic rings. The maximum atomic E-state index is 13.4. The van der Waals surface area contributed by atoms with Crippen LogP contribution in [0.2, 0.25) is 10.0 Å². The first-order valence-corrected chi connectivity index (χ1v) is 14.3. The Morgan fingerprint density at radius 1 is 0.921 bits per heavy atom. The summed E-state index contributed by atoms with van der Waals surface area (Å²) < 4.78 is 43.1. The van der Waals surface area contributed by atoms with Crippen LogP contribution >= 0.6 is 23.2 Å². The predicted molar refractivity (Wildman–Crippen MR) is 148 cm³/mol. The van der Waals surface area contributed by atoms with Crippen molar-refractivity contribution in [1.29, 1.82) is 0 Å². The first-order valence-electron chi connectivity index (χ1n) is 12.0. The summed E-state index contributed by atoms with van der Waals surface area (Å²) >= 11 is 12.5. The van der Waals surface area contributed by atoms with Crippen LogP contribution < -0.4 is 19.1 Å². The van der Waals surface area contributed by atoms with Gasteiger partial charge >= 0.3 is 0 Å². The maximum absolute atomic E-state index is 13.4. The van der Waals surface area contributed by atoms with E-state index in [2.05, 4.69) is 9.80 Å². The Morgan fingerprint density at radius 3 is 2.26 bits per heavy atom. The fourth-order valence-corrected chi connectivity index (χ4v) is 6.16.